The number of carbonyl (C=O) groups excluding carboxylic acids is 3. The smallest absolute Gasteiger partial charge is 0.339 e. The Morgan fingerprint density at radius 2 is 2.04 bits per heavy atom. The molecule has 27 heavy (non-hydrogen) atoms. The SMILES string of the molecule is CCOC(=O)c1cc(NC(=O)CN2C(=O)COc3ccccc32)ccc1Cl. The van der Waals surface area contributed by atoms with Crippen LogP contribution in [-0.2, 0) is 14.3 Å². The Morgan fingerprint density at radius 1 is 1.26 bits per heavy atom. The van der Waals surface area contributed by atoms with Gasteiger partial charge in [0.2, 0.25) is 5.91 Å². The molecule has 3 rings (SSSR count). The van der Waals surface area contributed by atoms with Crippen LogP contribution < -0.4 is 15.0 Å². The normalized spacial score (nSPS) is 12.8. The molecule has 1 heterocycles. The van der Waals surface area contributed by atoms with Crippen molar-refractivity contribution >= 4 is 40.8 Å². The molecule has 0 aromatic heterocycles. The van der Waals surface area contributed by atoms with E-state index in [0.717, 1.165) is 0 Å². The molecule has 7 nitrogen and oxygen atoms in total. The van der Waals surface area contributed by atoms with Crippen LogP contribution in [0.1, 0.15) is 17.3 Å². The number of carbonyl (C=O) groups is 3. The summed E-state index contributed by atoms with van der Waals surface area (Å²) in [7, 11) is 0. The number of nitrogens with zero attached hydrogens (tertiary/aromatic N) is 1. The van der Waals surface area contributed by atoms with Crippen LogP contribution in [0.4, 0.5) is 11.4 Å². The summed E-state index contributed by atoms with van der Waals surface area (Å²) in [6.07, 6.45) is 0. The van der Waals surface area contributed by atoms with Crippen LogP contribution in [0.2, 0.25) is 5.02 Å². The second-order valence-electron chi connectivity index (χ2n) is 5.70. The van der Waals surface area contributed by atoms with Crippen LogP contribution in [0.5, 0.6) is 5.75 Å². The highest BCUT2D eigenvalue weighted by atomic mass is 35.5. The first kappa shape index (κ1) is 18.7. The number of rotatable bonds is 5. The highest BCUT2D eigenvalue weighted by molar-refractivity contribution is 6.33. The van der Waals surface area contributed by atoms with Gasteiger partial charge in [-0.25, -0.2) is 4.79 Å². The second kappa shape index (κ2) is 8.09. The zero-order chi connectivity index (χ0) is 19.4. The topological polar surface area (TPSA) is 84.9 Å². The molecule has 0 atom stereocenters. The van der Waals surface area contributed by atoms with E-state index in [0.29, 0.717) is 17.1 Å². The first-order chi connectivity index (χ1) is 13.0. The van der Waals surface area contributed by atoms with Crippen molar-refractivity contribution in [2.24, 2.45) is 0 Å². The summed E-state index contributed by atoms with van der Waals surface area (Å²) in [6.45, 7) is 1.59. The minimum Gasteiger partial charge on any atom is -0.482 e. The third-order valence-corrected chi connectivity index (χ3v) is 4.19. The van der Waals surface area contributed by atoms with Gasteiger partial charge in [0.05, 0.1) is 22.9 Å². The Morgan fingerprint density at radius 3 is 2.81 bits per heavy atom. The zero-order valence-corrected chi connectivity index (χ0v) is 15.3. The van der Waals surface area contributed by atoms with Gasteiger partial charge in [-0.05, 0) is 37.3 Å². The number of amides is 2. The molecule has 0 aliphatic carbocycles. The lowest BCUT2D eigenvalue weighted by atomic mass is 10.2. The molecule has 140 valence electrons. The van der Waals surface area contributed by atoms with Gasteiger partial charge < -0.3 is 14.8 Å². The minimum absolute atomic E-state index is 0.127. The monoisotopic (exact) mass is 388 g/mol. The Bertz CT molecular complexity index is 899. The molecular weight excluding hydrogens is 372 g/mol. The van der Waals surface area contributed by atoms with Crippen molar-refractivity contribution in [1.82, 2.24) is 0 Å². The first-order valence-corrected chi connectivity index (χ1v) is 8.66. The number of ether oxygens (including phenoxy) is 2. The van der Waals surface area contributed by atoms with Crippen LogP contribution in [-0.4, -0.2) is 37.5 Å². The summed E-state index contributed by atoms with van der Waals surface area (Å²) >= 11 is 6.01. The Labute approximate surface area is 160 Å². The van der Waals surface area contributed by atoms with Gasteiger partial charge in [0.25, 0.3) is 5.91 Å². The second-order valence-corrected chi connectivity index (χ2v) is 6.11. The summed E-state index contributed by atoms with van der Waals surface area (Å²) in [5, 5.41) is 2.89. The predicted octanol–water partition coefficient (Wildman–Crippen LogP) is 2.88. The molecule has 0 bridgehead atoms. The summed E-state index contributed by atoms with van der Waals surface area (Å²) in [5.41, 5.74) is 1.07. The molecule has 1 aliphatic heterocycles. The zero-order valence-electron chi connectivity index (χ0n) is 14.5. The van der Waals surface area contributed by atoms with Gasteiger partial charge in [0, 0.05) is 5.69 Å². The summed E-state index contributed by atoms with van der Waals surface area (Å²) < 4.78 is 10.3. The number of esters is 1. The fraction of sp³-hybridized carbons (Fsp3) is 0.211. The maximum absolute atomic E-state index is 12.4. The van der Waals surface area contributed by atoms with Gasteiger partial charge >= 0.3 is 5.97 Å². The largest absolute Gasteiger partial charge is 0.482 e. The molecule has 2 amide bonds. The lowest BCUT2D eigenvalue weighted by Gasteiger charge is -2.28. The van der Waals surface area contributed by atoms with Gasteiger partial charge in [-0.2, -0.15) is 0 Å². The fourth-order valence-electron chi connectivity index (χ4n) is 2.64. The molecule has 1 aliphatic rings. The highest BCUT2D eigenvalue weighted by Crippen LogP contribution is 2.31. The van der Waals surface area contributed by atoms with Crippen molar-refractivity contribution in [2.75, 3.05) is 30.0 Å². The lowest BCUT2D eigenvalue weighted by molar-refractivity contribution is -0.123. The van der Waals surface area contributed by atoms with Crippen molar-refractivity contribution in [1.29, 1.82) is 0 Å². The van der Waals surface area contributed by atoms with E-state index in [1.54, 1.807) is 37.3 Å². The van der Waals surface area contributed by atoms with E-state index in [1.165, 1.54) is 17.0 Å². The van der Waals surface area contributed by atoms with Gasteiger partial charge in [0.15, 0.2) is 6.61 Å². The number of hydrogen-bond acceptors (Lipinski definition) is 5. The summed E-state index contributed by atoms with van der Waals surface area (Å²) in [5.74, 6) is -0.763. The Kier molecular flexibility index (Phi) is 5.61. The van der Waals surface area contributed by atoms with E-state index in [1.807, 2.05) is 0 Å². The average molecular weight is 389 g/mol. The van der Waals surface area contributed by atoms with Crippen molar-refractivity contribution in [3.8, 4) is 5.75 Å². The number of fused-ring (bicyclic) bond motifs is 1. The number of benzene rings is 2. The standard InChI is InChI=1S/C19H17ClN2O5/c1-2-26-19(25)13-9-12(7-8-14(13)20)21-17(23)10-22-15-5-3-4-6-16(15)27-11-18(22)24/h3-9H,2,10-11H2,1H3,(H,21,23). The Hall–Kier alpha value is -3.06. The quantitative estimate of drug-likeness (QED) is 0.796. The lowest BCUT2D eigenvalue weighted by Crippen LogP contribution is -2.43. The summed E-state index contributed by atoms with van der Waals surface area (Å²) in [6, 6.07) is 11.5. The third-order valence-electron chi connectivity index (χ3n) is 3.86. The molecule has 0 saturated carbocycles. The molecule has 2 aromatic carbocycles. The van der Waals surface area contributed by atoms with E-state index >= 15 is 0 Å². The summed E-state index contributed by atoms with van der Waals surface area (Å²) in [4.78, 5) is 37.9. The van der Waals surface area contributed by atoms with Crippen molar-refractivity contribution in [2.45, 2.75) is 6.92 Å². The van der Waals surface area contributed by atoms with Crippen LogP contribution in [0, 0.1) is 0 Å². The molecule has 0 spiro atoms. The maximum Gasteiger partial charge on any atom is 0.339 e. The van der Waals surface area contributed by atoms with Gasteiger partial charge in [-0.1, -0.05) is 23.7 Å². The number of hydrogen-bond donors (Lipinski definition) is 1. The number of nitrogens with one attached hydrogen (secondary N) is 1. The van der Waals surface area contributed by atoms with Crippen molar-refractivity contribution in [3.63, 3.8) is 0 Å². The van der Waals surface area contributed by atoms with E-state index in [9.17, 15) is 14.4 Å². The Balaban J connectivity index is 1.74. The van der Waals surface area contributed by atoms with E-state index in [-0.39, 0.29) is 36.3 Å². The number of halogens is 1. The maximum atomic E-state index is 12.4. The molecule has 0 radical (unpaired) electrons. The predicted molar refractivity (Wildman–Crippen MR) is 100 cm³/mol. The third kappa shape index (κ3) is 4.20. The van der Waals surface area contributed by atoms with Crippen LogP contribution in [0.3, 0.4) is 0 Å². The van der Waals surface area contributed by atoms with E-state index < -0.39 is 11.9 Å². The molecule has 0 fully saturated rings. The number of para-hydroxylation sites is 2. The molecular formula is C19H17ClN2O5. The molecule has 0 saturated heterocycles. The van der Waals surface area contributed by atoms with E-state index in [4.69, 9.17) is 21.1 Å². The van der Waals surface area contributed by atoms with Gasteiger partial charge in [-0.15, -0.1) is 0 Å². The molecule has 8 heteroatoms. The van der Waals surface area contributed by atoms with Crippen molar-refractivity contribution in [3.05, 3.63) is 53.1 Å². The van der Waals surface area contributed by atoms with Gasteiger partial charge in [-0.3, -0.25) is 14.5 Å². The van der Waals surface area contributed by atoms with E-state index in [2.05, 4.69) is 5.32 Å². The van der Waals surface area contributed by atoms with Crippen LogP contribution in [0.15, 0.2) is 42.5 Å². The fourth-order valence-corrected chi connectivity index (χ4v) is 2.83. The number of anilines is 2. The minimum atomic E-state index is -0.573. The molecule has 2 aromatic rings. The van der Waals surface area contributed by atoms with Crippen LogP contribution in [0.25, 0.3) is 0 Å². The van der Waals surface area contributed by atoms with Crippen LogP contribution >= 0.6 is 11.6 Å². The first-order valence-electron chi connectivity index (χ1n) is 8.28. The average Bonchev–Trinajstić information content (AvgIpc) is 2.66. The molecule has 1 N–H and O–H groups in total. The highest BCUT2D eigenvalue weighted by Gasteiger charge is 2.27. The van der Waals surface area contributed by atoms with Crippen molar-refractivity contribution < 1.29 is 23.9 Å². The molecule has 0 unspecified atom stereocenters. The van der Waals surface area contributed by atoms with Gasteiger partial charge in [0.1, 0.15) is 12.3 Å².